The Hall–Kier alpha value is -2.57. The molecule has 0 unspecified atom stereocenters. The maximum Gasteiger partial charge on any atom is 0.277 e. The molecule has 0 radical (unpaired) electrons. The van der Waals surface area contributed by atoms with Crippen LogP contribution in [0.1, 0.15) is 58.3 Å². The van der Waals surface area contributed by atoms with Crippen molar-refractivity contribution in [3.8, 4) is 11.5 Å². The van der Waals surface area contributed by atoms with Crippen LogP contribution in [0.25, 0.3) is 0 Å². The van der Waals surface area contributed by atoms with Crippen molar-refractivity contribution >= 4 is 17.5 Å². The van der Waals surface area contributed by atoms with Crippen molar-refractivity contribution in [3.63, 3.8) is 0 Å². The maximum atomic E-state index is 12.2. The lowest BCUT2D eigenvalue weighted by Crippen LogP contribution is -2.36. The quantitative estimate of drug-likeness (QED) is 0.528. The Morgan fingerprint density at radius 3 is 2.25 bits per heavy atom. The van der Waals surface area contributed by atoms with Crippen LogP contribution in [-0.4, -0.2) is 37.3 Å². The van der Waals surface area contributed by atoms with Gasteiger partial charge in [0.15, 0.2) is 6.61 Å². The van der Waals surface area contributed by atoms with Crippen molar-refractivity contribution < 1.29 is 19.1 Å². The van der Waals surface area contributed by atoms with Crippen LogP contribution in [0, 0.1) is 0 Å². The summed E-state index contributed by atoms with van der Waals surface area (Å²) in [5.41, 5.74) is 2.98. The third-order valence-corrected chi connectivity index (χ3v) is 4.69. The standard InChI is InChI=1S/C21H31N3O4/c1-16(14-20(25)22-17-8-6-4-3-5-7-9-17)23-24-21(26)15-28-19-12-10-18(27-2)11-13-19/h10-13,17H,3-9,14-15H2,1-2H3,(H,22,25)(H,24,26)/b23-16-. The molecule has 154 valence electrons. The first-order valence-electron chi connectivity index (χ1n) is 9.95. The second-order valence-electron chi connectivity index (χ2n) is 7.13. The number of hydrogen-bond donors (Lipinski definition) is 2. The number of nitrogens with one attached hydrogen (secondary N) is 2. The van der Waals surface area contributed by atoms with Gasteiger partial charge in [-0.3, -0.25) is 9.59 Å². The molecule has 28 heavy (non-hydrogen) atoms. The molecule has 7 nitrogen and oxygen atoms in total. The molecular formula is C21H31N3O4. The molecule has 0 spiro atoms. The van der Waals surface area contributed by atoms with Crippen LogP contribution in [0.3, 0.4) is 0 Å². The Kier molecular flexibility index (Phi) is 9.31. The zero-order chi connectivity index (χ0) is 20.2. The fourth-order valence-electron chi connectivity index (χ4n) is 3.16. The molecule has 1 fully saturated rings. The van der Waals surface area contributed by atoms with E-state index in [0.717, 1.165) is 18.6 Å². The van der Waals surface area contributed by atoms with Crippen LogP contribution in [0.2, 0.25) is 0 Å². The van der Waals surface area contributed by atoms with Crippen molar-refractivity contribution in [2.75, 3.05) is 13.7 Å². The topological polar surface area (TPSA) is 89.0 Å². The zero-order valence-corrected chi connectivity index (χ0v) is 16.8. The van der Waals surface area contributed by atoms with Gasteiger partial charge in [-0.05, 0) is 44.0 Å². The molecule has 7 heteroatoms. The van der Waals surface area contributed by atoms with Crippen LogP contribution in [0.4, 0.5) is 0 Å². The summed E-state index contributed by atoms with van der Waals surface area (Å²) in [6.45, 7) is 1.57. The molecule has 1 saturated carbocycles. The number of nitrogens with zero attached hydrogens (tertiary/aromatic N) is 1. The fourth-order valence-corrected chi connectivity index (χ4v) is 3.16. The lowest BCUT2D eigenvalue weighted by Gasteiger charge is -2.21. The molecule has 0 heterocycles. The highest BCUT2D eigenvalue weighted by Crippen LogP contribution is 2.17. The molecule has 0 bridgehead atoms. The second-order valence-corrected chi connectivity index (χ2v) is 7.13. The monoisotopic (exact) mass is 389 g/mol. The molecule has 1 aliphatic rings. The molecule has 1 aromatic rings. The van der Waals surface area contributed by atoms with Gasteiger partial charge >= 0.3 is 0 Å². The summed E-state index contributed by atoms with van der Waals surface area (Å²) in [6.07, 6.45) is 8.40. The molecule has 2 N–H and O–H groups in total. The van der Waals surface area contributed by atoms with Crippen molar-refractivity contribution in [1.82, 2.24) is 10.7 Å². The van der Waals surface area contributed by atoms with Crippen molar-refractivity contribution in [3.05, 3.63) is 24.3 Å². The van der Waals surface area contributed by atoms with Crippen molar-refractivity contribution in [2.45, 2.75) is 64.3 Å². The third-order valence-electron chi connectivity index (χ3n) is 4.69. The summed E-state index contributed by atoms with van der Waals surface area (Å²) in [6, 6.07) is 7.21. The van der Waals surface area contributed by atoms with E-state index in [4.69, 9.17) is 9.47 Å². The van der Waals surface area contributed by atoms with E-state index in [1.807, 2.05) is 0 Å². The summed E-state index contributed by atoms with van der Waals surface area (Å²) in [7, 11) is 1.59. The van der Waals surface area contributed by atoms with Crippen molar-refractivity contribution in [1.29, 1.82) is 0 Å². The van der Waals surface area contributed by atoms with Crippen LogP contribution >= 0.6 is 0 Å². The van der Waals surface area contributed by atoms with E-state index in [2.05, 4.69) is 15.8 Å². The van der Waals surface area contributed by atoms with Gasteiger partial charge in [0.1, 0.15) is 11.5 Å². The Labute approximate surface area is 166 Å². The Morgan fingerprint density at radius 2 is 1.61 bits per heavy atom. The van der Waals surface area contributed by atoms with Gasteiger partial charge in [-0.25, -0.2) is 5.43 Å². The number of hydrogen-bond acceptors (Lipinski definition) is 5. The molecule has 0 aliphatic heterocycles. The van der Waals surface area contributed by atoms with Crippen molar-refractivity contribution in [2.24, 2.45) is 5.10 Å². The summed E-state index contributed by atoms with van der Waals surface area (Å²) in [5.74, 6) is 0.857. The lowest BCUT2D eigenvalue weighted by atomic mass is 9.96. The predicted molar refractivity (Wildman–Crippen MR) is 109 cm³/mol. The number of rotatable bonds is 8. The minimum atomic E-state index is -0.379. The highest BCUT2D eigenvalue weighted by Gasteiger charge is 2.14. The number of carbonyl (C=O) groups is 2. The van der Waals surface area contributed by atoms with Gasteiger partial charge in [0, 0.05) is 11.8 Å². The minimum absolute atomic E-state index is 0.0458. The van der Waals surface area contributed by atoms with Gasteiger partial charge in [0.25, 0.3) is 5.91 Å². The molecular weight excluding hydrogens is 358 g/mol. The van der Waals surface area contributed by atoms with Gasteiger partial charge in [-0.1, -0.05) is 32.1 Å². The molecule has 1 aliphatic carbocycles. The number of methoxy groups -OCH3 is 1. The molecule has 0 atom stereocenters. The molecule has 2 amide bonds. The first-order chi connectivity index (χ1) is 13.6. The van der Waals surface area contributed by atoms with Gasteiger partial charge in [0.2, 0.25) is 5.91 Å². The fraction of sp³-hybridized carbons (Fsp3) is 0.571. The normalized spacial score (nSPS) is 15.9. The first-order valence-corrected chi connectivity index (χ1v) is 9.95. The average molecular weight is 389 g/mol. The van der Waals surface area contributed by atoms with Crippen LogP contribution in [-0.2, 0) is 9.59 Å². The minimum Gasteiger partial charge on any atom is -0.497 e. The Balaban J connectivity index is 1.68. The molecule has 2 rings (SSSR count). The summed E-state index contributed by atoms with van der Waals surface area (Å²) < 4.78 is 10.5. The summed E-state index contributed by atoms with van der Waals surface area (Å²) in [4.78, 5) is 24.0. The Morgan fingerprint density at radius 1 is 1.00 bits per heavy atom. The van der Waals surface area contributed by atoms with Gasteiger partial charge in [-0.15, -0.1) is 0 Å². The summed E-state index contributed by atoms with van der Waals surface area (Å²) >= 11 is 0. The largest absolute Gasteiger partial charge is 0.497 e. The lowest BCUT2D eigenvalue weighted by molar-refractivity contribution is -0.123. The highest BCUT2D eigenvalue weighted by atomic mass is 16.5. The predicted octanol–water partition coefficient (Wildman–Crippen LogP) is 3.19. The number of hydrazone groups is 1. The van der Waals surface area contributed by atoms with Crippen LogP contribution < -0.4 is 20.2 Å². The van der Waals surface area contributed by atoms with E-state index in [1.165, 1.54) is 32.1 Å². The second kappa shape index (κ2) is 12.0. The Bertz CT molecular complexity index is 650. The summed E-state index contributed by atoms with van der Waals surface area (Å²) in [5, 5.41) is 7.08. The van der Waals surface area contributed by atoms with Crippen LogP contribution in [0.15, 0.2) is 29.4 Å². The smallest absolute Gasteiger partial charge is 0.277 e. The van der Waals surface area contributed by atoms with E-state index < -0.39 is 0 Å². The first kappa shape index (κ1) is 21.7. The van der Waals surface area contributed by atoms with Gasteiger partial charge < -0.3 is 14.8 Å². The number of amides is 2. The van der Waals surface area contributed by atoms with E-state index >= 15 is 0 Å². The SMILES string of the molecule is COc1ccc(OCC(=O)N/N=C(/C)CC(=O)NC2CCCCCCC2)cc1. The van der Waals surface area contributed by atoms with Crippen LogP contribution in [0.5, 0.6) is 11.5 Å². The third kappa shape index (κ3) is 8.41. The highest BCUT2D eigenvalue weighted by molar-refractivity contribution is 6.00. The molecule has 1 aromatic carbocycles. The molecule has 0 aromatic heterocycles. The van der Waals surface area contributed by atoms with E-state index in [-0.39, 0.29) is 30.9 Å². The molecule has 0 saturated heterocycles. The maximum absolute atomic E-state index is 12.2. The van der Waals surface area contributed by atoms with E-state index in [1.54, 1.807) is 38.3 Å². The number of benzene rings is 1. The average Bonchev–Trinajstić information content (AvgIpc) is 2.67. The number of carbonyl (C=O) groups excluding carboxylic acids is 2. The van der Waals surface area contributed by atoms with Gasteiger partial charge in [-0.2, -0.15) is 5.10 Å². The van der Waals surface area contributed by atoms with Gasteiger partial charge in [0.05, 0.1) is 13.5 Å². The zero-order valence-electron chi connectivity index (χ0n) is 16.8. The van der Waals surface area contributed by atoms with E-state index in [9.17, 15) is 9.59 Å². The number of ether oxygens (including phenoxy) is 2. The van der Waals surface area contributed by atoms with E-state index in [0.29, 0.717) is 11.5 Å².